The summed E-state index contributed by atoms with van der Waals surface area (Å²) in [6.07, 6.45) is 0. The van der Waals surface area contributed by atoms with Gasteiger partial charge in [0, 0.05) is 10.1 Å². The summed E-state index contributed by atoms with van der Waals surface area (Å²) < 4.78 is 1.01. The summed E-state index contributed by atoms with van der Waals surface area (Å²) in [6, 6.07) is 5.13. The van der Waals surface area contributed by atoms with E-state index in [1.807, 2.05) is 11.4 Å². The fourth-order valence-corrected chi connectivity index (χ4v) is 2.33. The molecule has 0 radical (unpaired) electrons. The molecule has 2 nitrogen and oxygen atoms in total. The molecule has 1 aromatic carbocycles. The van der Waals surface area contributed by atoms with Crippen molar-refractivity contribution in [1.29, 1.82) is 0 Å². The number of benzene rings is 1. The van der Waals surface area contributed by atoms with E-state index >= 15 is 0 Å². The Morgan fingerprint density at radius 1 is 1.38 bits per heavy atom. The third kappa shape index (κ3) is 1.30. The van der Waals surface area contributed by atoms with Crippen LogP contribution in [0.2, 0.25) is 5.02 Å². The van der Waals surface area contributed by atoms with Crippen LogP contribution in [-0.4, -0.2) is 11.1 Å². The van der Waals surface area contributed by atoms with E-state index in [9.17, 15) is 4.79 Å². The van der Waals surface area contributed by atoms with Gasteiger partial charge in [0.1, 0.15) is 0 Å². The average molecular weight is 213 g/mol. The molecule has 0 unspecified atom stereocenters. The van der Waals surface area contributed by atoms with E-state index in [0.29, 0.717) is 5.02 Å². The first-order valence-corrected chi connectivity index (χ1v) is 4.85. The van der Waals surface area contributed by atoms with Crippen molar-refractivity contribution in [3.8, 4) is 0 Å². The van der Waals surface area contributed by atoms with Crippen molar-refractivity contribution in [1.82, 2.24) is 0 Å². The lowest BCUT2D eigenvalue weighted by atomic mass is 10.2. The molecule has 0 aliphatic carbocycles. The number of carboxylic acids is 1. The lowest BCUT2D eigenvalue weighted by Crippen LogP contribution is -1.96. The molecule has 0 spiro atoms. The lowest BCUT2D eigenvalue weighted by molar-refractivity contribution is 0.0697. The van der Waals surface area contributed by atoms with Gasteiger partial charge in [-0.2, -0.15) is 0 Å². The highest BCUT2D eigenvalue weighted by molar-refractivity contribution is 7.17. The zero-order chi connectivity index (χ0) is 9.42. The van der Waals surface area contributed by atoms with Gasteiger partial charge in [-0.1, -0.05) is 11.6 Å². The van der Waals surface area contributed by atoms with E-state index in [0.717, 1.165) is 10.1 Å². The van der Waals surface area contributed by atoms with Gasteiger partial charge in [0.2, 0.25) is 0 Å². The molecule has 0 amide bonds. The van der Waals surface area contributed by atoms with Crippen LogP contribution in [0.5, 0.6) is 0 Å². The van der Waals surface area contributed by atoms with Crippen molar-refractivity contribution in [2.24, 2.45) is 0 Å². The predicted octanol–water partition coefficient (Wildman–Crippen LogP) is 3.25. The van der Waals surface area contributed by atoms with Crippen LogP contribution >= 0.6 is 22.9 Å². The third-order valence-electron chi connectivity index (χ3n) is 1.80. The van der Waals surface area contributed by atoms with Crippen LogP contribution in [0.1, 0.15) is 10.4 Å². The Morgan fingerprint density at radius 2 is 2.15 bits per heavy atom. The Bertz CT molecular complexity index is 475. The van der Waals surface area contributed by atoms with Crippen LogP contribution < -0.4 is 0 Å². The standard InChI is InChI=1S/C9H5ClO2S/c10-8-5-3-4-13-7(5)2-1-6(8)9(11)12/h1-4H,(H,11,12). The quantitative estimate of drug-likeness (QED) is 0.788. The Morgan fingerprint density at radius 3 is 2.85 bits per heavy atom. The van der Waals surface area contributed by atoms with Gasteiger partial charge in [-0.05, 0) is 23.6 Å². The molecule has 0 atom stereocenters. The molecular formula is C9H5ClO2S. The van der Waals surface area contributed by atoms with Gasteiger partial charge in [0.15, 0.2) is 0 Å². The summed E-state index contributed by atoms with van der Waals surface area (Å²) in [5.41, 5.74) is 0.160. The second-order valence-electron chi connectivity index (χ2n) is 2.56. The molecule has 66 valence electrons. The zero-order valence-electron chi connectivity index (χ0n) is 6.45. The van der Waals surface area contributed by atoms with E-state index in [-0.39, 0.29) is 5.56 Å². The number of fused-ring (bicyclic) bond motifs is 1. The molecule has 0 saturated heterocycles. The Hall–Kier alpha value is -1.06. The Kier molecular flexibility index (Phi) is 1.98. The molecule has 0 saturated carbocycles. The Labute approximate surface area is 83.4 Å². The molecule has 2 rings (SSSR count). The molecule has 1 N–H and O–H groups in total. The van der Waals surface area contributed by atoms with Gasteiger partial charge < -0.3 is 5.11 Å². The summed E-state index contributed by atoms with van der Waals surface area (Å²) in [5.74, 6) is -0.988. The fraction of sp³-hybridized carbons (Fsp3) is 0. The molecule has 0 bridgehead atoms. The highest BCUT2D eigenvalue weighted by Gasteiger charge is 2.11. The average Bonchev–Trinajstić information content (AvgIpc) is 2.52. The summed E-state index contributed by atoms with van der Waals surface area (Å²) in [6.45, 7) is 0. The molecule has 1 aromatic heterocycles. The maximum atomic E-state index is 10.7. The van der Waals surface area contributed by atoms with Crippen LogP contribution in [0.4, 0.5) is 0 Å². The molecular weight excluding hydrogens is 208 g/mol. The van der Waals surface area contributed by atoms with Gasteiger partial charge in [-0.3, -0.25) is 0 Å². The SMILES string of the molecule is O=C(O)c1ccc2sccc2c1Cl. The highest BCUT2D eigenvalue weighted by Crippen LogP contribution is 2.30. The second-order valence-corrected chi connectivity index (χ2v) is 3.89. The zero-order valence-corrected chi connectivity index (χ0v) is 8.02. The van der Waals surface area contributed by atoms with Gasteiger partial charge in [-0.25, -0.2) is 4.79 Å². The number of hydrogen-bond donors (Lipinski definition) is 1. The monoisotopic (exact) mass is 212 g/mol. The van der Waals surface area contributed by atoms with E-state index in [4.69, 9.17) is 16.7 Å². The number of rotatable bonds is 1. The number of halogens is 1. The summed E-state index contributed by atoms with van der Waals surface area (Å²) >= 11 is 7.45. The van der Waals surface area contributed by atoms with E-state index in [1.54, 1.807) is 17.4 Å². The first-order valence-electron chi connectivity index (χ1n) is 3.59. The summed E-state index contributed by atoms with van der Waals surface area (Å²) in [5, 5.41) is 11.8. The van der Waals surface area contributed by atoms with E-state index in [1.165, 1.54) is 6.07 Å². The molecule has 2 aromatic rings. The maximum absolute atomic E-state index is 10.7. The van der Waals surface area contributed by atoms with Gasteiger partial charge in [0.05, 0.1) is 10.6 Å². The molecule has 13 heavy (non-hydrogen) atoms. The minimum absolute atomic E-state index is 0.160. The lowest BCUT2D eigenvalue weighted by Gasteiger charge is -1.98. The summed E-state index contributed by atoms with van der Waals surface area (Å²) in [4.78, 5) is 10.7. The van der Waals surface area contributed by atoms with E-state index in [2.05, 4.69) is 0 Å². The molecule has 4 heteroatoms. The van der Waals surface area contributed by atoms with Gasteiger partial charge in [-0.15, -0.1) is 11.3 Å². The second kappa shape index (κ2) is 3.01. The van der Waals surface area contributed by atoms with Crippen LogP contribution in [0.15, 0.2) is 23.6 Å². The van der Waals surface area contributed by atoms with Crippen LogP contribution in [0.3, 0.4) is 0 Å². The number of carbonyl (C=O) groups is 1. The molecule has 0 aliphatic heterocycles. The Balaban J connectivity index is 2.80. The van der Waals surface area contributed by atoms with Crippen molar-refractivity contribution >= 4 is 39.0 Å². The van der Waals surface area contributed by atoms with Crippen molar-refractivity contribution in [2.75, 3.05) is 0 Å². The number of aromatic carboxylic acids is 1. The van der Waals surface area contributed by atoms with Crippen molar-refractivity contribution in [3.05, 3.63) is 34.2 Å². The topological polar surface area (TPSA) is 37.3 Å². The van der Waals surface area contributed by atoms with Gasteiger partial charge in [0.25, 0.3) is 0 Å². The molecule has 0 fully saturated rings. The van der Waals surface area contributed by atoms with Crippen molar-refractivity contribution < 1.29 is 9.90 Å². The summed E-state index contributed by atoms with van der Waals surface area (Å²) in [7, 11) is 0. The largest absolute Gasteiger partial charge is 0.478 e. The molecule has 0 aliphatic rings. The van der Waals surface area contributed by atoms with Crippen molar-refractivity contribution in [2.45, 2.75) is 0 Å². The van der Waals surface area contributed by atoms with E-state index < -0.39 is 5.97 Å². The maximum Gasteiger partial charge on any atom is 0.337 e. The van der Waals surface area contributed by atoms with Crippen molar-refractivity contribution in [3.63, 3.8) is 0 Å². The first kappa shape index (κ1) is 8.53. The number of hydrogen-bond acceptors (Lipinski definition) is 2. The predicted molar refractivity (Wildman–Crippen MR) is 53.8 cm³/mol. The van der Waals surface area contributed by atoms with Crippen LogP contribution in [-0.2, 0) is 0 Å². The first-order chi connectivity index (χ1) is 6.20. The normalized spacial score (nSPS) is 10.5. The van der Waals surface area contributed by atoms with Gasteiger partial charge >= 0.3 is 5.97 Å². The van der Waals surface area contributed by atoms with Crippen LogP contribution in [0.25, 0.3) is 10.1 Å². The van der Waals surface area contributed by atoms with Crippen LogP contribution in [0, 0.1) is 0 Å². The minimum Gasteiger partial charge on any atom is -0.478 e. The minimum atomic E-state index is -0.988. The molecule has 1 heterocycles. The fourth-order valence-electron chi connectivity index (χ4n) is 1.17. The number of thiophene rings is 1. The number of carboxylic acid groups (broad SMARTS) is 1. The highest BCUT2D eigenvalue weighted by atomic mass is 35.5. The third-order valence-corrected chi connectivity index (χ3v) is 3.09. The smallest absolute Gasteiger partial charge is 0.337 e.